The van der Waals surface area contributed by atoms with E-state index in [9.17, 15) is 18.0 Å². The van der Waals surface area contributed by atoms with E-state index >= 15 is 0 Å². The molecule has 21 heavy (non-hydrogen) atoms. The van der Waals surface area contributed by atoms with Gasteiger partial charge in [0, 0.05) is 44.8 Å². The highest BCUT2D eigenvalue weighted by Gasteiger charge is 2.31. The van der Waals surface area contributed by atoms with Gasteiger partial charge in [0.2, 0.25) is 0 Å². The maximum absolute atomic E-state index is 12.4. The van der Waals surface area contributed by atoms with Crippen LogP contribution >= 0.6 is 11.6 Å². The van der Waals surface area contributed by atoms with Crippen molar-refractivity contribution in [1.82, 2.24) is 14.8 Å². The second-order valence-electron chi connectivity index (χ2n) is 4.75. The smallest absolute Gasteiger partial charge is 0.335 e. The number of halogens is 4. The number of carbonyl (C=O) groups is 1. The molecule has 2 rings (SSSR count). The van der Waals surface area contributed by atoms with Crippen LogP contribution in [0.5, 0.6) is 0 Å². The van der Waals surface area contributed by atoms with Gasteiger partial charge in [-0.05, 0) is 12.1 Å². The quantitative estimate of drug-likeness (QED) is 0.800. The van der Waals surface area contributed by atoms with Crippen LogP contribution in [0.3, 0.4) is 0 Å². The molecule has 1 aromatic heterocycles. The lowest BCUT2D eigenvalue weighted by Crippen LogP contribution is -2.49. The first-order valence-electron chi connectivity index (χ1n) is 6.52. The van der Waals surface area contributed by atoms with Crippen LogP contribution in [0, 0.1) is 0 Å². The van der Waals surface area contributed by atoms with Gasteiger partial charge in [0.1, 0.15) is 5.69 Å². The summed E-state index contributed by atoms with van der Waals surface area (Å²) in [6.07, 6.45) is -3.75. The van der Waals surface area contributed by atoms with Crippen LogP contribution in [-0.4, -0.2) is 59.3 Å². The molecule has 1 fully saturated rings. The molecule has 4 nitrogen and oxygen atoms in total. The zero-order chi connectivity index (χ0) is 15.5. The van der Waals surface area contributed by atoms with Gasteiger partial charge < -0.3 is 4.90 Å². The fraction of sp³-hybridized carbons (Fsp3) is 0.538. The molecule has 1 aliphatic heterocycles. The third-order valence-electron chi connectivity index (χ3n) is 3.37. The number of aromatic nitrogens is 1. The Morgan fingerprint density at radius 2 is 1.90 bits per heavy atom. The Morgan fingerprint density at radius 1 is 1.24 bits per heavy atom. The largest absolute Gasteiger partial charge is 0.417 e. The van der Waals surface area contributed by atoms with Crippen LogP contribution in [0.2, 0.25) is 0 Å². The van der Waals surface area contributed by atoms with E-state index in [4.69, 9.17) is 11.6 Å². The maximum Gasteiger partial charge on any atom is 0.417 e. The molecule has 0 spiro atoms. The predicted molar refractivity (Wildman–Crippen MR) is 72.3 cm³/mol. The van der Waals surface area contributed by atoms with Crippen LogP contribution in [-0.2, 0) is 6.18 Å². The SMILES string of the molecule is O=C(c1ccc(C(F)(F)F)cn1)N1CCN(CCCl)CC1. The van der Waals surface area contributed by atoms with Gasteiger partial charge in [0.05, 0.1) is 5.56 Å². The molecule has 8 heteroatoms. The third kappa shape index (κ3) is 4.07. The second-order valence-corrected chi connectivity index (χ2v) is 5.13. The Morgan fingerprint density at radius 3 is 2.38 bits per heavy atom. The topological polar surface area (TPSA) is 36.4 Å². The van der Waals surface area contributed by atoms with Crippen molar-refractivity contribution in [2.45, 2.75) is 6.18 Å². The molecule has 0 bridgehead atoms. The van der Waals surface area contributed by atoms with Gasteiger partial charge in [-0.25, -0.2) is 0 Å². The van der Waals surface area contributed by atoms with Gasteiger partial charge in [0.15, 0.2) is 0 Å². The monoisotopic (exact) mass is 321 g/mol. The van der Waals surface area contributed by atoms with E-state index in [0.717, 1.165) is 18.7 Å². The summed E-state index contributed by atoms with van der Waals surface area (Å²) in [7, 11) is 0. The third-order valence-corrected chi connectivity index (χ3v) is 3.54. The number of piperazine rings is 1. The number of nitrogens with zero attached hydrogens (tertiary/aromatic N) is 3. The minimum absolute atomic E-state index is 0.0359. The number of alkyl halides is 4. The summed E-state index contributed by atoms with van der Waals surface area (Å²) in [5.74, 6) is 0.197. The molecule has 0 unspecified atom stereocenters. The van der Waals surface area contributed by atoms with Gasteiger partial charge in [-0.3, -0.25) is 14.7 Å². The maximum atomic E-state index is 12.4. The van der Waals surface area contributed by atoms with Gasteiger partial charge >= 0.3 is 6.18 Å². The Kier molecular flexibility index (Phi) is 5.05. The van der Waals surface area contributed by atoms with E-state index in [2.05, 4.69) is 9.88 Å². The molecular formula is C13H15ClF3N3O. The van der Waals surface area contributed by atoms with Crippen molar-refractivity contribution in [3.05, 3.63) is 29.6 Å². The molecular weight excluding hydrogens is 307 g/mol. The Labute approximate surface area is 125 Å². The number of carbonyl (C=O) groups excluding carboxylic acids is 1. The number of amides is 1. The van der Waals surface area contributed by atoms with E-state index in [-0.39, 0.29) is 11.6 Å². The Balaban J connectivity index is 1.98. The van der Waals surface area contributed by atoms with Crippen molar-refractivity contribution in [2.24, 2.45) is 0 Å². The van der Waals surface area contributed by atoms with Crippen molar-refractivity contribution >= 4 is 17.5 Å². The summed E-state index contributed by atoms with van der Waals surface area (Å²) < 4.78 is 37.3. The molecule has 0 saturated carbocycles. The van der Waals surface area contributed by atoms with Crippen molar-refractivity contribution in [2.75, 3.05) is 38.6 Å². The summed E-state index contributed by atoms with van der Waals surface area (Å²) >= 11 is 5.66. The zero-order valence-corrected chi connectivity index (χ0v) is 12.0. The van der Waals surface area contributed by atoms with Gasteiger partial charge in [-0.15, -0.1) is 11.6 Å². The van der Waals surface area contributed by atoms with Gasteiger partial charge in [-0.2, -0.15) is 13.2 Å². The average molecular weight is 322 g/mol. The van der Waals surface area contributed by atoms with Crippen molar-refractivity contribution in [3.8, 4) is 0 Å². The molecule has 0 radical (unpaired) electrons. The lowest BCUT2D eigenvalue weighted by Gasteiger charge is -2.34. The molecule has 116 valence electrons. The minimum atomic E-state index is -4.44. The first kappa shape index (κ1) is 16.0. The van der Waals surface area contributed by atoms with Crippen molar-refractivity contribution < 1.29 is 18.0 Å². The van der Waals surface area contributed by atoms with E-state index < -0.39 is 11.7 Å². The summed E-state index contributed by atoms with van der Waals surface area (Å²) in [5.41, 5.74) is -0.820. The molecule has 2 heterocycles. The summed E-state index contributed by atoms with van der Waals surface area (Å²) in [5, 5.41) is 0. The summed E-state index contributed by atoms with van der Waals surface area (Å²) in [4.78, 5) is 19.5. The first-order valence-corrected chi connectivity index (χ1v) is 7.06. The van der Waals surface area contributed by atoms with Gasteiger partial charge in [-0.1, -0.05) is 0 Å². The molecule has 0 N–H and O–H groups in total. The van der Waals surface area contributed by atoms with Crippen LogP contribution < -0.4 is 0 Å². The zero-order valence-electron chi connectivity index (χ0n) is 11.2. The molecule has 1 saturated heterocycles. The second kappa shape index (κ2) is 6.62. The highest BCUT2D eigenvalue weighted by Crippen LogP contribution is 2.28. The number of pyridine rings is 1. The van der Waals surface area contributed by atoms with E-state index in [1.165, 1.54) is 0 Å². The first-order chi connectivity index (χ1) is 9.91. The normalized spacial score (nSPS) is 17.0. The molecule has 1 aliphatic rings. The van der Waals surface area contributed by atoms with E-state index in [1.54, 1.807) is 4.90 Å². The number of hydrogen-bond acceptors (Lipinski definition) is 3. The standard InChI is InChI=1S/C13H15ClF3N3O/c14-3-4-19-5-7-20(8-6-19)12(21)11-2-1-10(9-18-11)13(15,16)17/h1-2,9H,3-8H2. The molecule has 0 aromatic carbocycles. The van der Waals surface area contributed by atoms with Crippen molar-refractivity contribution in [1.29, 1.82) is 0 Å². The van der Waals surface area contributed by atoms with Crippen LogP contribution in [0.1, 0.15) is 16.1 Å². The lowest BCUT2D eigenvalue weighted by molar-refractivity contribution is -0.137. The average Bonchev–Trinajstić information content (AvgIpc) is 2.47. The highest BCUT2D eigenvalue weighted by molar-refractivity contribution is 6.18. The van der Waals surface area contributed by atoms with Crippen LogP contribution in [0.4, 0.5) is 13.2 Å². The number of hydrogen-bond donors (Lipinski definition) is 0. The summed E-state index contributed by atoms with van der Waals surface area (Å²) in [6.45, 7) is 3.23. The molecule has 1 amide bonds. The molecule has 0 aliphatic carbocycles. The van der Waals surface area contributed by atoms with E-state index in [0.29, 0.717) is 38.3 Å². The number of rotatable bonds is 3. The fourth-order valence-electron chi connectivity index (χ4n) is 2.14. The Bertz CT molecular complexity index is 484. The fourth-order valence-corrected chi connectivity index (χ4v) is 2.38. The Hall–Kier alpha value is -1.34. The van der Waals surface area contributed by atoms with E-state index in [1.807, 2.05) is 0 Å². The predicted octanol–water partition coefficient (Wildman–Crippen LogP) is 2.10. The lowest BCUT2D eigenvalue weighted by atomic mass is 10.2. The highest BCUT2D eigenvalue weighted by atomic mass is 35.5. The molecule has 0 atom stereocenters. The minimum Gasteiger partial charge on any atom is -0.335 e. The van der Waals surface area contributed by atoms with Crippen molar-refractivity contribution in [3.63, 3.8) is 0 Å². The van der Waals surface area contributed by atoms with Crippen LogP contribution in [0.25, 0.3) is 0 Å². The van der Waals surface area contributed by atoms with Gasteiger partial charge in [0.25, 0.3) is 5.91 Å². The molecule has 1 aromatic rings. The summed E-state index contributed by atoms with van der Waals surface area (Å²) in [6, 6.07) is 2.00. The van der Waals surface area contributed by atoms with Crippen LogP contribution in [0.15, 0.2) is 18.3 Å².